The monoisotopic (exact) mass is 427 g/mol. The molecule has 1 aromatic heterocycles. The Labute approximate surface area is 179 Å². The summed E-state index contributed by atoms with van der Waals surface area (Å²) < 4.78 is 28.7. The van der Waals surface area contributed by atoms with Gasteiger partial charge in [0.1, 0.15) is 11.6 Å². The highest BCUT2D eigenvalue weighted by Gasteiger charge is 2.20. The molecule has 8 heteroatoms. The molecule has 0 amide bonds. The van der Waals surface area contributed by atoms with E-state index in [1.54, 1.807) is 29.1 Å². The van der Waals surface area contributed by atoms with Crippen LogP contribution in [0.2, 0.25) is 0 Å². The maximum atomic E-state index is 13.9. The Hall–Kier alpha value is -2.84. The number of aromatic nitrogens is 2. The van der Waals surface area contributed by atoms with E-state index in [2.05, 4.69) is 20.2 Å². The average Bonchev–Trinajstić information content (AvgIpc) is 3.18. The summed E-state index contributed by atoms with van der Waals surface area (Å²) in [5.41, 5.74) is 2.51. The number of nitrogens with one attached hydrogen (secondary N) is 1. The van der Waals surface area contributed by atoms with Crippen molar-refractivity contribution < 1.29 is 8.78 Å². The molecule has 30 heavy (non-hydrogen) atoms. The molecule has 0 unspecified atom stereocenters. The largest absolute Gasteiger partial charge is 0.346 e. The van der Waals surface area contributed by atoms with Gasteiger partial charge in [-0.1, -0.05) is 30.3 Å². The molecule has 1 saturated heterocycles. The molecule has 1 fully saturated rings. The van der Waals surface area contributed by atoms with Gasteiger partial charge in [0, 0.05) is 44.5 Å². The third-order valence-corrected chi connectivity index (χ3v) is 5.51. The second-order valence-corrected chi connectivity index (χ2v) is 7.72. The Bertz CT molecular complexity index is 997. The highest BCUT2D eigenvalue weighted by Crippen LogP contribution is 2.14. The predicted octanol–water partition coefficient (Wildman–Crippen LogP) is 3.72. The first kappa shape index (κ1) is 20.4. The van der Waals surface area contributed by atoms with Gasteiger partial charge in [-0.2, -0.15) is 5.10 Å². The van der Waals surface area contributed by atoms with Crippen LogP contribution in [-0.2, 0) is 13.1 Å². The zero-order valence-electron chi connectivity index (χ0n) is 16.5. The number of nitrogens with zero attached hydrogens (tertiary/aromatic N) is 4. The standard InChI is InChI=1S/C22H23F2N5S/c23-19-7-5-17(6-8-19)14-29-16-20(13-25-29)26-22(30)28-11-9-27(10-12-28)15-18-3-1-2-4-21(18)24/h1-8,13,16H,9-12,14-15H2,(H,26,30). The first-order chi connectivity index (χ1) is 14.6. The van der Waals surface area contributed by atoms with Gasteiger partial charge in [0.05, 0.1) is 18.4 Å². The summed E-state index contributed by atoms with van der Waals surface area (Å²) >= 11 is 5.56. The lowest BCUT2D eigenvalue weighted by atomic mass is 10.2. The van der Waals surface area contributed by atoms with Crippen LogP contribution < -0.4 is 5.32 Å². The van der Waals surface area contributed by atoms with Gasteiger partial charge in [0.15, 0.2) is 5.11 Å². The topological polar surface area (TPSA) is 36.3 Å². The summed E-state index contributed by atoms with van der Waals surface area (Å²) in [6.45, 7) is 4.37. The number of halogens is 2. The van der Waals surface area contributed by atoms with Gasteiger partial charge in [0.25, 0.3) is 0 Å². The van der Waals surface area contributed by atoms with Crippen molar-refractivity contribution in [3.05, 3.63) is 83.7 Å². The van der Waals surface area contributed by atoms with Crippen molar-refractivity contribution in [3.63, 3.8) is 0 Å². The van der Waals surface area contributed by atoms with Crippen molar-refractivity contribution in [3.8, 4) is 0 Å². The van der Waals surface area contributed by atoms with Crippen LogP contribution in [0.5, 0.6) is 0 Å². The van der Waals surface area contributed by atoms with Crippen LogP contribution in [0, 0.1) is 11.6 Å². The second-order valence-electron chi connectivity index (χ2n) is 7.34. The molecule has 3 aromatic rings. The van der Waals surface area contributed by atoms with Gasteiger partial charge in [-0.3, -0.25) is 9.58 Å². The molecule has 2 heterocycles. The van der Waals surface area contributed by atoms with Crippen LogP contribution in [0.25, 0.3) is 0 Å². The molecule has 1 aliphatic rings. The number of piperazine rings is 1. The van der Waals surface area contributed by atoms with E-state index in [0.717, 1.165) is 43.0 Å². The van der Waals surface area contributed by atoms with Crippen LogP contribution in [0.3, 0.4) is 0 Å². The van der Waals surface area contributed by atoms with E-state index in [4.69, 9.17) is 12.2 Å². The zero-order valence-corrected chi connectivity index (χ0v) is 17.3. The summed E-state index contributed by atoms with van der Waals surface area (Å²) in [6.07, 6.45) is 3.61. The fraction of sp³-hybridized carbons (Fsp3) is 0.273. The normalized spacial score (nSPS) is 14.7. The minimum Gasteiger partial charge on any atom is -0.346 e. The molecule has 1 aliphatic heterocycles. The molecule has 156 valence electrons. The van der Waals surface area contributed by atoms with Crippen molar-refractivity contribution >= 4 is 23.0 Å². The lowest BCUT2D eigenvalue weighted by Gasteiger charge is -2.36. The number of benzene rings is 2. The fourth-order valence-electron chi connectivity index (χ4n) is 3.47. The molecule has 4 rings (SSSR count). The Morgan fingerprint density at radius 1 is 0.967 bits per heavy atom. The molecule has 0 saturated carbocycles. The van der Waals surface area contributed by atoms with Crippen LogP contribution in [0.4, 0.5) is 14.5 Å². The van der Waals surface area contributed by atoms with E-state index in [1.165, 1.54) is 18.2 Å². The summed E-state index contributed by atoms with van der Waals surface area (Å²) in [6, 6.07) is 13.3. The summed E-state index contributed by atoms with van der Waals surface area (Å²) in [5.74, 6) is -0.407. The van der Waals surface area contributed by atoms with Crippen molar-refractivity contribution in [2.24, 2.45) is 0 Å². The number of thiocarbonyl (C=S) groups is 1. The molecule has 5 nitrogen and oxygen atoms in total. The van der Waals surface area contributed by atoms with Crippen LogP contribution in [-0.4, -0.2) is 50.9 Å². The third kappa shape index (κ3) is 5.20. The van der Waals surface area contributed by atoms with E-state index in [0.29, 0.717) is 18.2 Å². The minimum absolute atomic E-state index is 0.158. The maximum absolute atomic E-state index is 13.9. The van der Waals surface area contributed by atoms with Crippen molar-refractivity contribution in [2.75, 3.05) is 31.5 Å². The number of hydrogen-bond donors (Lipinski definition) is 1. The molecule has 1 N–H and O–H groups in total. The van der Waals surface area contributed by atoms with Crippen molar-refractivity contribution in [1.82, 2.24) is 19.6 Å². The summed E-state index contributed by atoms with van der Waals surface area (Å²) in [4.78, 5) is 4.35. The highest BCUT2D eigenvalue weighted by molar-refractivity contribution is 7.80. The van der Waals surface area contributed by atoms with Gasteiger partial charge in [-0.05, 0) is 36.0 Å². The van der Waals surface area contributed by atoms with Gasteiger partial charge in [0.2, 0.25) is 0 Å². The number of anilines is 1. The smallest absolute Gasteiger partial charge is 0.173 e. The number of hydrogen-bond acceptors (Lipinski definition) is 3. The highest BCUT2D eigenvalue weighted by atomic mass is 32.1. The molecule has 0 spiro atoms. The molecule has 0 atom stereocenters. The maximum Gasteiger partial charge on any atom is 0.173 e. The third-order valence-electron chi connectivity index (χ3n) is 5.15. The molecular weight excluding hydrogens is 404 g/mol. The lowest BCUT2D eigenvalue weighted by Crippen LogP contribution is -2.49. The lowest BCUT2D eigenvalue weighted by molar-refractivity contribution is 0.175. The van der Waals surface area contributed by atoms with Crippen molar-refractivity contribution in [1.29, 1.82) is 0 Å². The second kappa shape index (κ2) is 9.32. The van der Waals surface area contributed by atoms with Gasteiger partial charge < -0.3 is 10.2 Å². The van der Waals surface area contributed by atoms with Crippen LogP contribution in [0.15, 0.2) is 60.9 Å². The molecule has 0 radical (unpaired) electrons. The van der Waals surface area contributed by atoms with E-state index in [9.17, 15) is 8.78 Å². The van der Waals surface area contributed by atoms with Gasteiger partial charge in [-0.25, -0.2) is 8.78 Å². The van der Waals surface area contributed by atoms with Crippen molar-refractivity contribution in [2.45, 2.75) is 13.1 Å². The fourth-order valence-corrected chi connectivity index (χ4v) is 3.77. The predicted molar refractivity (Wildman–Crippen MR) is 117 cm³/mol. The Kier molecular flexibility index (Phi) is 6.35. The Morgan fingerprint density at radius 2 is 1.70 bits per heavy atom. The molecular formula is C22H23F2N5S. The van der Waals surface area contributed by atoms with Gasteiger partial charge in [-0.15, -0.1) is 0 Å². The van der Waals surface area contributed by atoms with E-state index >= 15 is 0 Å². The zero-order chi connectivity index (χ0) is 20.9. The SMILES string of the molecule is Fc1ccc(Cn2cc(NC(=S)N3CCN(Cc4ccccc4F)CC3)cn2)cc1. The van der Waals surface area contributed by atoms with E-state index < -0.39 is 0 Å². The van der Waals surface area contributed by atoms with Crippen LogP contribution in [0.1, 0.15) is 11.1 Å². The van der Waals surface area contributed by atoms with E-state index in [-0.39, 0.29) is 11.6 Å². The number of rotatable bonds is 5. The molecule has 0 aliphatic carbocycles. The first-order valence-corrected chi connectivity index (χ1v) is 10.3. The quantitative estimate of drug-likeness (QED) is 0.628. The summed E-state index contributed by atoms with van der Waals surface area (Å²) in [5, 5.41) is 8.23. The molecule has 0 bridgehead atoms. The van der Waals surface area contributed by atoms with Gasteiger partial charge >= 0.3 is 0 Å². The minimum atomic E-state index is -0.249. The van der Waals surface area contributed by atoms with E-state index in [1.807, 2.05) is 18.3 Å². The Morgan fingerprint density at radius 3 is 2.43 bits per heavy atom. The summed E-state index contributed by atoms with van der Waals surface area (Å²) in [7, 11) is 0. The van der Waals surface area contributed by atoms with Crippen LogP contribution >= 0.6 is 12.2 Å². The first-order valence-electron chi connectivity index (χ1n) is 9.85. The molecule has 2 aromatic carbocycles. The Balaban J connectivity index is 1.26. The average molecular weight is 428 g/mol.